The molecule has 13 nitrogen and oxygen atoms in total. The van der Waals surface area contributed by atoms with Crippen LogP contribution in [0.15, 0.2) is 35.9 Å². The first kappa shape index (κ1) is 41.1. The number of benzene rings is 1. The fourth-order valence-corrected chi connectivity index (χ4v) is 10.0. The number of Topliss-reactive ketones (excluding diaryl/α,β-unsaturated/α-hetero) is 1. The average Bonchev–Trinajstić information content (AvgIpc) is 3.39. The number of allylic oxidation sites excluding steroid dienone is 1. The molecule has 0 unspecified atom stereocenters. The van der Waals surface area contributed by atoms with E-state index in [9.17, 15) is 44.1 Å². The summed E-state index contributed by atoms with van der Waals surface area (Å²) in [6, 6.07) is 4.06. The van der Waals surface area contributed by atoms with E-state index in [0.29, 0.717) is 24.8 Å². The van der Waals surface area contributed by atoms with Gasteiger partial charge in [-0.1, -0.05) is 45.4 Å². The number of ketones is 2. The van der Waals surface area contributed by atoms with Crippen LogP contribution in [0, 0.1) is 34.5 Å². The van der Waals surface area contributed by atoms with Gasteiger partial charge in [0.1, 0.15) is 23.4 Å². The molecule has 0 radical (unpaired) electrons. The van der Waals surface area contributed by atoms with Gasteiger partial charge in [0.2, 0.25) is 17.6 Å². The number of aliphatic hydroxyl groups is 2. The molecular weight excluding hydrogens is 696 g/mol. The zero-order chi connectivity index (χ0) is 39.6. The molecule has 4 aliphatic rings. The van der Waals surface area contributed by atoms with E-state index in [4.69, 9.17) is 9.47 Å². The summed E-state index contributed by atoms with van der Waals surface area (Å²) < 4.78 is 10.4. The number of carbonyl (C=O) groups excluding carboxylic acids is 6. The second-order valence-electron chi connectivity index (χ2n) is 16.5. The van der Waals surface area contributed by atoms with Gasteiger partial charge < -0.3 is 35.4 Å². The van der Waals surface area contributed by atoms with Gasteiger partial charge in [-0.05, 0) is 98.3 Å². The highest BCUT2D eigenvalue weighted by atomic mass is 16.5. The zero-order valence-electron chi connectivity index (χ0n) is 32.0. The number of carbonyl (C=O) groups is 6. The molecule has 0 spiro atoms. The topological polar surface area (TPSA) is 206 Å². The molecule has 1 aromatic carbocycles. The smallest absolute Gasteiger partial charge is 0.328 e. The van der Waals surface area contributed by atoms with Crippen LogP contribution in [0.5, 0.6) is 5.75 Å². The highest BCUT2D eigenvalue weighted by molar-refractivity contribution is 5.93. The van der Waals surface area contributed by atoms with Crippen molar-refractivity contribution in [1.82, 2.24) is 10.6 Å². The number of aromatic hydroxyl groups is 1. The average molecular weight is 753 g/mol. The van der Waals surface area contributed by atoms with Crippen molar-refractivity contribution in [2.75, 3.05) is 13.2 Å². The third-order valence-corrected chi connectivity index (χ3v) is 13.0. The molecule has 0 saturated heterocycles. The largest absolute Gasteiger partial charge is 0.508 e. The van der Waals surface area contributed by atoms with E-state index in [0.717, 1.165) is 18.4 Å². The number of ether oxygens (including phenoxy) is 2. The predicted octanol–water partition coefficient (Wildman–Crippen LogP) is 3.25. The Kier molecular flexibility index (Phi) is 12.4. The van der Waals surface area contributed by atoms with Crippen molar-refractivity contribution in [2.24, 2.45) is 34.5 Å². The first-order chi connectivity index (χ1) is 25.4. The van der Waals surface area contributed by atoms with Crippen LogP contribution in [-0.2, 0) is 44.7 Å². The van der Waals surface area contributed by atoms with Crippen molar-refractivity contribution >= 4 is 35.3 Å². The fourth-order valence-electron chi connectivity index (χ4n) is 10.0. The summed E-state index contributed by atoms with van der Waals surface area (Å²) >= 11 is 0. The molecule has 0 bridgehead atoms. The van der Waals surface area contributed by atoms with E-state index in [1.807, 2.05) is 6.92 Å². The van der Waals surface area contributed by atoms with Gasteiger partial charge in [0.05, 0.1) is 19.1 Å². The monoisotopic (exact) mass is 752 g/mol. The van der Waals surface area contributed by atoms with Crippen molar-refractivity contribution in [1.29, 1.82) is 0 Å². The van der Waals surface area contributed by atoms with Crippen LogP contribution in [0.1, 0.15) is 98.0 Å². The summed E-state index contributed by atoms with van der Waals surface area (Å²) in [4.78, 5) is 77.5. The van der Waals surface area contributed by atoms with E-state index < -0.39 is 65.3 Å². The Morgan fingerprint density at radius 3 is 2.33 bits per heavy atom. The quantitative estimate of drug-likeness (QED) is 0.175. The van der Waals surface area contributed by atoms with Crippen molar-refractivity contribution in [3.63, 3.8) is 0 Å². The summed E-state index contributed by atoms with van der Waals surface area (Å²) in [7, 11) is 0. The van der Waals surface area contributed by atoms with Crippen molar-refractivity contribution in [2.45, 2.75) is 123 Å². The lowest BCUT2D eigenvalue weighted by Crippen LogP contribution is -2.62. The first-order valence-electron chi connectivity index (χ1n) is 19.3. The normalized spacial score (nSPS) is 31.2. The van der Waals surface area contributed by atoms with Crippen LogP contribution < -0.4 is 10.6 Å². The SMILES string of the molecule is CCOC(=O)[C@H](Cc1ccc(O)cc1)NC(=O)[C@H](NC(=O)CCC(=O)OCC(=O)[C@@]1(O)CC[C@@H]2[C@@H]3CCC4=CC(=O)CC[C@]4(C)[C@@H]3[C@H](O)C[C@@]21C)C(C)C. The summed E-state index contributed by atoms with van der Waals surface area (Å²) in [6.07, 6.45) is 4.00. The van der Waals surface area contributed by atoms with Crippen LogP contribution in [0.2, 0.25) is 0 Å². The lowest BCUT2D eigenvalue weighted by atomic mass is 9.45. The Balaban J connectivity index is 1.14. The Bertz CT molecular complexity index is 1660. The Morgan fingerprint density at radius 2 is 1.67 bits per heavy atom. The maximum atomic E-state index is 13.6. The molecule has 9 atom stereocenters. The number of aliphatic hydroxyl groups excluding tert-OH is 1. The minimum Gasteiger partial charge on any atom is -0.508 e. The Labute approximate surface area is 316 Å². The molecule has 5 rings (SSSR count). The lowest BCUT2D eigenvalue weighted by molar-refractivity contribution is -0.184. The maximum absolute atomic E-state index is 13.6. The van der Waals surface area contributed by atoms with Crippen molar-refractivity contribution in [3.05, 3.63) is 41.5 Å². The molecule has 13 heteroatoms. The van der Waals surface area contributed by atoms with Gasteiger partial charge in [0.15, 0.2) is 12.4 Å². The molecule has 4 aliphatic carbocycles. The van der Waals surface area contributed by atoms with Gasteiger partial charge >= 0.3 is 11.9 Å². The molecule has 0 aromatic heterocycles. The maximum Gasteiger partial charge on any atom is 0.328 e. The number of fused-ring (bicyclic) bond motifs is 5. The summed E-state index contributed by atoms with van der Waals surface area (Å²) in [6.45, 7) is 8.49. The minimum atomic E-state index is -1.80. The van der Waals surface area contributed by atoms with E-state index in [-0.39, 0.29) is 79.3 Å². The van der Waals surface area contributed by atoms with Gasteiger partial charge in [0, 0.05) is 24.7 Å². The predicted molar refractivity (Wildman–Crippen MR) is 195 cm³/mol. The number of rotatable bonds is 14. The molecule has 296 valence electrons. The Morgan fingerprint density at radius 1 is 0.963 bits per heavy atom. The molecule has 0 aliphatic heterocycles. The van der Waals surface area contributed by atoms with Crippen molar-refractivity contribution < 1.29 is 53.6 Å². The Hall–Kier alpha value is -4.10. The standard InChI is InChI=1S/C41H56N2O11/c1-6-53-38(51)30(19-24-7-10-26(44)11-8-24)42-37(50)36(23(2)3)43-33(48)13-14-34(49)54-22-32(47)41(52)18-16-29-28-12-9-25-20-27(45)15-17-39(25,4)35(28)31(46)21-40(29,41)5/h7-8,10-11,20,23,28-31,35-36,44,46,52H,6,9,12-19,21-22H2,1-5H3,(H,42,50)(H,43,48)/t28-,29+,30-,31+,35-,36+,39-,40-,41-/m0/s1. The molecule has 3 saturated carbocycles. The number of phenols is 1. The van der Waals surface area contributed by atoms with E-state index in [1.54, 1.807) is 39.0 Å². The molecule has 2 amide bonds. The van der Waals surface area contributed by atoms with Gasteiger partial charge in [-0.25, -0.2) is 4.79 Å². The number of phenolic OH excluding ortho intramolecular Hbond substituents is 1. The summed E-state index contributed by atoms with van der Waals surface area (Å²) in [5.74, 6) is -3.58. The molecule has 3 fully saturated rings. The minimum absolute atomic E-state index is 0.0262. The van der Waals surface area contributed by atoms with Crippen molar-refractivity contribution in [3.8, 4) is 5.75 Å². The van der Waals surface area contributed by atoms with Crippen LogP contribution in [0.3, 0.4) is 0 Å². The third kappa shape index (κ3) is 8.12. The third-order valence-electron chi connectivity index (χ3n) is 13.0. The number of nitrogens with one attached hydrogen (secondary N) is 2. The van der Waals surface area contributed by atoms with Gasteiger partial charge in [-0.2, -0.15) is 0 Å². The molecule has 54 heavy (non-hydrogen) atoms. The number of hydrogen-bond acceptors (Lipinski definition) is 11. The van der Waals surface area contributed by atoms with Crippen LogP contribution in [0.4, 0.5) is 0 Å². The first-order valence-corrected chi connectivity index (χ1v) is 19.3. The molecule has 5 N–H and O–H groups in total. The lowest BCUT2D eigenvalue weighted by Gasteiger charge is -2.60. The fraction of sp³-hybridized carbons (Fsp3) is 0.659. The molecular formula is C41H56N2O11. The zero-order valence-corrected chi connectivity index (χ0v) is 32.0. The summed E-state index contributed by atoms with van der Waals surface area (Å²) in [5, 5.41) is 38.5. The second kappa shape index (κ2) is 16.3. The second-order valence-corrected chi connectivity index (χ2v) is 16.5. The van der Waals surface area contributed by atoms with Crippen LogP contribution in [-0.4, -0.2) is 87.6 Å². The van der Waals surface area contributed by atoms with E-state index >= 15 is 0 Å². The van der Waals surface area contributed by atoms with Crippen LogP contribution >= 0.6 is 0 Å². The van der Waals surface area contributed by atoms with Gasteiger partial charge in [-0.3, -0.25) is 24.0 Å². The number of esters is 2. The highest BCUT2D eigenvalue weighted by Crippen LogP contribution is 2.67. The number of amides is 2. The summed E-state index contributed by atoms with van der Waals surface area (Å²) in [5.41, 5.74) is -1.27. The number of hydrogen-bond donors (Lipinski definition) is 5. The van der Waals surface area contributed by atoms with E-state index in [2.05, 4.69) is 17.6 Å². The highest BCUT2D eigenvalue weighted by Gasteiger charge is 2.68. The van der Waals surface area contributed by atoms with E-state index in [1.165, 1.54) is 12.1 Å². The molecule has 1 aromatic rings. The van der Waals surface area contributed by atoms with Gasteiger partial charge in [-0.15, -0.1) is 0 Å². The van der Waals surface area contributed by atoms with Gasteiger partial charge in [0.25, 0.3) is 0 Å². The van der Waals surface area contributed by atoms with Crippen LogP contribution in [0.25, 0.3) is 0 Å². The molecule has 0 heterocycles.